The Balaban J connectivity index is 3.76. The first-order chi connectivity index (χ1) is 4.70. The van der Waals surface area contributed by atoms with Gasteiger partial charge in [-0.25, -0.2) is 0 Å². The average molecular weight is 138 g/mol. The van der Waals surface area contributed by atoms with Gasteiger partial charge < -0.3 is 0 Å². The molecule has 10 heavy (non-hydrogen) atoms. The lowest BCUT2D eigenvalue weighted by atomic mass is 10.1. The van der Waals surface area contributed by atoms with Gasteiger partial charge in [0.05, 0.1) is 0 Å². The summed E-state index contributed by atoms with van der Waals surface area (Å²) in [5.74, 6) is 0.534. The third-order valence-electron chi connectivity index (χ3n) is 1.56. The first-order valence-corrected chi connectivity index (χ1v) is 4.00. The zero-order valence-corrected chi connectivity index (χ0v) is 7.35. The third kappa shape index (κ3) is 4.37. The van der Waals surface area contributed by atoms with Gasteiger partial charge in [0.2, 0.25) is 0 Å². The van der Waals surface area contributed by atoms with Gasteiger partial charge in [-0.15, -0.1) is 6.58 Å². The molecule has 58 valence electrons. The Morgan fingerprint density at radius 2 is 2.20 bits per heavy atom. The van der Waals surface area contributed by atoms with Crippen molar-refractivity contribution in [2.24, 2.45) is 5.92 Å². The Morgan fingerprint density at radius 3 is 2.60 bits per heavy atom. The maximum Gasteiger partial charge on any atom is -0.00820 e. The summed E-state index contributed by atoms with van der Waals surface area (Å²) in [5.41, 5.74) is 1.48. The topological polar surface area (TPSA) is 0 Å². The standard InChI is InChI=1S/C10H18/c1-5-7-10(4)8-9(3)6-2/h6,8-9H,2,5,7H2,1,3-4H3/b10-8+. The minimum atomic E-state index is 0.534. The summed E-state index contributed by atoms with van der Waals surface area (Å²) in [7, 11) is 0. The van der Waals surface area contributed by atoms with Crippen molar-refractivity contribution in [1.82, 2.24) is 0 Å². The molecule has 1 atom stereocenters. The second kappa shape index (κ2) is 5.28. The van der Waals surface area contributed by atoms with Crippen LogP contribution in [0.15, 0.2) is 24.3 Å². The van der Waals surface area contributed by atoms with E-state index in [4.69, 9.17) is 0 Å². The van der Waals surface area contributed by atoms with Crippen LogP contribution in [0.25, 0.3) is 0 Å². The van der Waals surface area contributed by atoms with Crippen LogP contribution in [0.5, 0.6) is 0 Å². The lowest BCUT2D eigenvalue weighted by Crippen LogP contribution is -1.84. The van der Waals surface area contributed by atoms with Crippen LogP contribution in [0.1, 0.15) is 33.6 Å². The molecule has 0 aromatic carbocycles. The molecule has 0 saturated carbocycles. The number of rotatable bonds is 4. The Hall–Kier alpha value is -0.520. The molecule has 1 unspecified atom stereocenters. The lowest BCUT2D eigenvalue weighted by molar-refractivity contribution is 0.860. The molecule has 0 aromatic rings. The molecule has 0 aliphatic rings. The zero-order valence-electron chi connectivity index (χ0n) is 7.35. The molecule has 0 amide bonds. The first-order valence-electron chi connectivity index (χ1n) is 4.00. The van der Waals surface area contributed by atoms with E-state index in [9.17, 15) is 0 Å². The van der Waals surface area contributed by atoms with Gasteiger partial charge in [-0.2, -0.15) is 0 Å². The number of hydrogen-bond donors (Lipinski definition) is 0. The molecular weight excluding hydrogens is 120 g/mol. The molecule has 0 N–H and O–H groups in total. The van der Waals surface area contributed by atoms with Crippen LogP contribution >= 0.6 is 0 Å². The first kappa shape index (κ1) is 9.48. The van der Waals surface area contributed by atoms with Crippen molar-refractivity contribution < 1.29 is 0 Å². The Morgan fingerprint density at radius 1 is 1.60 bits per heavy atom. The van der Waals surface area contributed by atoms with Crippen LogP contribution in [0.3, 0.4) is 0 Å². The number of allylic oxidation sites excluding steroid dienone is 3. The van der Waals surface area contributed by atoms with Crippen LogP contribution in [0.2, 0.25) is 0 Å². The molecule has 0 heterocycles. The highest BCUT2D eigenvalue weighted by Crippen LogP contribution is 2.08. The Kier molecular flexibility index (Phi) is 5.00. The molecule has 0 aliphatic carbocycles. The summed E-state index contributed by atoms with van der Waals surface area (Å²) in [6.07, 6.45) is 6.71. The zero-order chi connectivity index (χ0) is 7.98. The van der Waals surface area contributed by atoms with Crippen molar-refractivity contribution in [3.63, 3.8) is 0 Å². The van der Waals surface area contributed by atoms with Gasteiger partial charge in [0.15, 0.2) is 0 Å². The second-order valence-corrected chi connectivity index (χ2v) is 2.86. The summed E-state index contributed by atoms with van der Waals surface area (Å²) < 4.78 is 0. The van der Waals surface area contributed by atoms with E-state index in [0.717, 1.165) is 0 Å². The Bertz CT molecular complexity index is 120. The fraction of sp³-hybridized carbons (Fsp3) is 0.600. The predicted molar refractivity (Wildman–Crippen MR) is 48.0 cm³/mol. The van der Waals surface area contributed by atoms with Gasteiger partial charge in [0.25, 0.3) is 0 Å². The van der Waals surface area contributed by atoms with Gasteiger partial charge in [-0.1, -0.05) is 38.0 Å². The maximum absolute atomic E-state index is 3.73. The highest BCUT2D eigenvalue weighted by molar-refractivity contribution is 5.04. The van der Waals surface area contributed by atoms with E-state index in [-0.39, 0.29) is 0 Å². The van der Waals surface area contributed by atoms with E-state index in [1.54, 1.807) is 0 Å². The van der Waals surface area contributed by atoms with E-state index in [2.05, 4.69) is 33.4 Å². The molecule has 0 heteroatoms. The fourth-order valence-electron chi connectivity index (χ4n) is 0.994. The van der Waals surface area contributed by atoms with Gasteiger partial charge >= 0.3 is 0 Å². The summed E-state index contributed by atoms with van der Waals surface area (Å²) in [6.45, 7) is 10.3. The van der Waals surface area contributed by atoms with Crippen LogP contribution in [0.4, 0.5) is 0 Å². The van der Waals surface area contributed by atoms with Crippen LogP contribution in [-0.2, 0) is 0 Å². The van der Waals surface area contributed by atoms with Gasteiger partial charge in [-0.3, -0.25) is 0 Å². The SMILES string of the molecule is C=CC(C)/C=C(\C)CCC. The number of hydrogen-bond acceptors (Lipinski definition) is 0. The van der Waals surface area contributed by atoms with Crippen molar-refractivity contribution in [3.05, 3.63) is 24.3 Å². The summed E-state index contributed by atoms with van der Waals surface area (Å²) in [6, 6.07) is 0. The predicted octanol–water partition coefficient (Wildman–Crippen LogP) is 3.55. The molecule has 0 fully saturated rings. The lowest BCUT2D eigenvalue weighted by Gasteiger charge is -2.00. The summed E-state index contributed by atoms with van der Waals surface area (Å²) >= 11 is 0. The minimum absolute atomic E-state index is 0.534. The highest BCUT2D eigenvalue weighted by atomic mass is 14.0. The summed E-state index contributed by atoms with van der Waals surface area (Å²) in [4.78, 5) is 0. The molecule has 0 rings (SSSR count). The highest BCUT2D eigenvalue weighted by Gasteiger charge is 1.91. The van der Waals surface area contributed by atoms with Crippen LogP contribution in [-0.4, -0.2) is 0 Å². The van der Waals surface area contributed by atoms with Crippen LogP contribution < -0.4 is 0 Å². The van der Waals surface area contributed by atoms with E-state index >= 15 is 0 Å². The molecule has 0 spiro atoms. The molecular formula is C10H18. The van der Waals surface area contributed by atoms with E-state index in [1.165, 1.54) is 18.4 Å². The molecule has 0 nitrogen and oxygen atoms in total. The van der Waals surface area contributed by atoms with Crippen molar-refractivity contribution >= 4 is 0 Å². The minimum Gasteiger partial charge on any atom is -0.102 e. The van der Waals surface area contributed by atoms with Crippen molar-refractivity contribution in [2.75, 3.05) is 0 Å². The maximum atomic E-state index is 3.73. The van der Waals surface area contributed by atoms with Gasteiger partial charge in [0, 0.05) is 0 Å². The van der Waals surface area contributed by atoms with Crippen molar-refractivity contribution in [3.8, 4) is 0 Å². The van der Waals surface area contributed by atoms with Crippen molar-refractivity contribution in [1.29, 1.82) is 0 Å². The van der Waals surface area contributed by atoms with Crippen molar-refractivity contribution in [2.45, 2.75) is 33.6 Å². The van der Waals surface area contributed by atoms with E-state index in [1.807, 2.05) is 6.08 Å². The molecule has 0 aliphatic heterocycles. The van der Waals surface area contributed by atoms with Crippen LogP contribution in [0, 0.1) is 5.92 Å². The molecule has 0 saturated heterocycles. The molecule has 0 bridgehead atoms. The third-order valence-corrected chi connectivity index (χ3v) is 1.56. The van der Waals surface area contributed by atoms with E-state index < -0.39 is 0 Å². The Labute approximate surface area is 64.6 Å². The monoisotopic (exact) mass is 138 g/mol. The molecule has 0 radical (unpaired) electrons. The summed E-state index contributed by atoms with van der Waals surface area (Å²) in [5, 5.41) is 0. The largest absolute Gasteiger partial charge is 0.102 e. The van der Waals surface area contributed by atoms with E-state index in [0.29, 0.717) is 5.92 Å². The average Bonchev–Trinajstić information content (AvgIpc) is 1.88. The van der Waals surface area contributed by atoms with Gasteiger partial charge in [0.1, 0.15) is 0 Å². The fourth-order valence-corrected chi connectivity index (χ4v) is 0.994. The normalized spacial score (nSPS) is 14.9. The smallest absolute Gasteiger partial charge is 0.00820 e. The second-order valence-electron chi connectivity index (χ2n) is 2.86. The quantitative estimate of drug-likeness (QED) is 0.521. The van der Waals surface area contributed by atoms with Gasteiger partial charge in [-0.05, 0) is 19.3 Å². The molecule has 0 aromatic heterocycles.